The van der Waals surface area contributed by atoms with E-state index in [-0.39, 0.29) is 12.0 Å². The zero-order valence-corrected chi connectivity index (χ0v) is 12.9. The molecule has 1 N–H and O–H groups in total. The second-order valence-corrected chi connectivity index (χ2v) is 5.26. The topological polar surface area (TPSA) is 38.3 Å². The van der Waals surface area contributed by atoms with Crippen LogP contribution >= 0.6 is 0 Å². The van der Waals surface area contributed by atoms with Crippen LogP contribution in [0, 0.1) is 13.8 Å². The van der Waals surface area contributed by atoms with Crippen molar-refractivity contribution in [3.63, 3.8) is 0 Å². The number of carbonyl (C=O) groups excluding carboxylic acids is 1. The Morgan fingerprint density at radius 1 is 1.14 bits per heavy atom. The monoisotopic (exact) mass is 283 g/mol. The second-order valence-electron chi connectivity index (χ2n) is 5.26. The van der Waals surface area contributed by atoms with Gasteiger partial charge in [-0.25, -0.2) is 4.79 Å². The third-order valence-corrected chi connectivity index (χ3v) is 3.61. The van der Waals surface area contributed by atoms with E-state index in [1.807, 2.05) is 18.2 Å². The summed E-state index contributed by atoms with van der Waals surface area (Å²) in [6.45, 7) is 6.27. The van der Waals surface area contributed by atoms with Gasteiger partial charge in [0.15, 0.2) is 0 Å². The summed E-state index contributed by atoms with van der Waals surface area (Å²) in [5.41, 5.74) is 5.03. The van der Waals surface area contributed by atoms with E-state index >= 15 is 0 Å². The molecule has 0 aliphatic carbocycles. The first kappa shape index (κ1) is 15.1. The number of carbonyl (C=O) groups is 1. The summed E-state index contributed by atoms with van der Waals surface area (Å²) in [6, 6.07) is 13.9. The van der Waals surface area contributed by atoms with Crippen LogP contribution in [-0.2, 0) is 4.74 Å². The van der Waals surface area contributed by atoms with Crippen molar-refractivity contribution in [1.82, 2.24) is 0 Å². The Hall–Kier alpha value is -2.29. The molecule has 0 aliphatic heterocycles. The van der Waals surface area contributed by atoms with E-state index in [1.54, 1.807) is 6.07 Å². The van der Waals surface area contributed by atoms with Crippen LogP contribution in [0.2, 0.25) is 0 Å². The van der Waals surface area contributed by atoms with E-state index in [0.29, 0.717) is 5.56 Å². The van der Waals surface area contributed by atoms with Crippen LogP contribution in [0.25, 0.3) is 0 Å². The highest BCUT2D eigenvalue weighted by molar-refractivity contribution is 5.95. The van der Waals surface area contributed by atoms with E-state index in [4.69, 9.17) is 4.74 Å². The van der Waals surface area contributed by atoms with Crippen LogP contribution in [0.15, 0.2) is 42.5 Å². The second kappa shape index (κ2) is 6.44. The molecule has 0 amide bonds. The predicted molar refractivity (Wildman–Crippen MR) is 85.7 cm³/mol. The molecule has 1 atom stereocenters. The number of methoxy groups -OCH3 is 1. The summed E-state index contributed by atoms with van der Waals surface area (Å²) < 4.78 is 4.83. The van der Waals surface area contributed by atoms with Gasteiger partial charge >= 0.3 is 5.97 Å². The fourth-order valence-electron chi connectivity index (χ4n) is 2.43. The maximum atomic E-state index is 11.8. The zero-order chi connectivity index (χ0) is 15.4. The zero-order valence-electron chi connectivity index (χ0n) is 12.9. The fraction of sp³-hybridized carbons (Fsp3) is 0.278. The fourth-order valence-corrected chi connectivity index (χ4v) is 2.43. The lowest BCUT2D eigenvalue weighted by Crippen LogP contribution is -2.12. The summed E-state index contributed by atoms with van der Waals surface area (Å²) >= 11 is 0. The number of nitrogens with one attached hydrogen (secondary N) is 1. The van der Waals surface area contributed by atoms with Gasteiger partial charge in [0.05, 0.1) is 12.7 Å². The van der Waals surface area contributed by atoms with Crippen LogP contribution in [0.5, 0.6) is 0 Å². The Bertz CT molecular complexity index is 649. The van der Waals surface area contributed by atoms with Gasteiger partial charge in [-0.2, -0.15) is 0 Å². The number of benzene rings is 2. The molecule has 2 aromatic carbocycles. The molecule has 2 rings (SSSR count). The van der Waals surface area contributed by atoms with Gasteiger partial charge in [-0.1, -0.05) is 35.9 Å². The van der Waals surface area contributed by atoms with Crippen molar-refractivity contribution in [3.8, 4) is 0 Å². The number of hydrogen-bond donors (Lipinski definition) is 1. The first-order valence-electron chi connectivity index (χ1n) is 7.04. The van der Waals surface area contributed by atoms with Crippen molar-refractivity contribution in [2.75, 3.05) is 12.4 Å². The Labute approximate surface area is 126 Å². The third kappa shape index (κ3) is 3.43. The van der Waals surface area contributed by atoms with Gasteiger partial charge in [0, 0.05) is 11.7 Å². The lowest BCUT2D eigenvalue weighted by atomic mass is 9.99. The molecule has 21 heavy (non-hydrogen) atoms. The van der Waals surface area contributed by atoms with Crippen LogP contribution in [0.1, 0.15) is 40.0 Å². The molecule has 1 unspecified atom stereocenters. The molecule has 0 radical (unpaired) electrons. The molecule has 0 saturated carbocycles. The van der Waals surface area contributed by atoms with Crippen molar-refractivity contribution in [3.05, 3.63) is 64.7 Å². The van der Waals surface area contributed by atoms with Crippen LogP contribution < -0.4 is 5.32 Å². The molecule has 0 spiro atoms. The molecule has 3 heteroatoms. The first-order chi connectivity index (χ1) is 10.0. The minimum atomic E-state index is -0.328. The van der Waals surface area contributed by atoms with E-state index in [2.05, 4.69) is 44.3 Å². The predicted octanol–water partition coefficient (Wildman–Crippen LogP) is 4.26. The number of ether oxygens (including phenoxy) is 1. The molecule has 3 nitrogen and oxygen atoms in total. The normalized spacial score (nSPS) is 11.8. The number of anilines is 1. The lowest BCUT2D eigenvalue weighted by molar-refractivity contribution is 0.0602. The van der Waals surface area contributed by atoms with Crippen LogP contribution in [-0.4, -0.2) is 13.1 Å². The van der Waals surface area contributed by atoms with Gasteiger partial charge in [-0.3, -0.25) is 0 Å². The highest BCUT2D eigenvalue weighted by Crippen LogP contribution is 2.25. The van der Waals surface area contributed by atoms with Gasteiger partial charge in [0.25, 0.3) is 0 Å². The molecule has 0 aliphatic rings. The number of hydrogen-bond acceptors (Lipinski definition) is 3. The highest BCUT2D eigenvalue weighted by Gasteiger charge is 2.14. The first-order valence-corrected chi connectivity index (χ1v) is 7.04. The standard InChI is InChI=1S/C18H21NO2/c1-12-9-10-13(2)16(11-12)14(3)19-17-8-6-5-7-15(17)18(20)21-4/h5-11,14,19H,1-4H3. The van der Waals surface area contributed by atoms with Gasteiger partial charge < -0.3 is 10.1 Å². The summed E-state index contributed by atoms with van der Waals surface area (Å²) in [5.74, 6) is -0.328. The summed E-state index contributed by atoms with van der Waals surface area (Å²) in [7, 11) is 1.40. The van der Waals surface area contributed by atoms with Crippen molar-refractivity contribution < 1.29 is 9.53 Å². The molecule has 0 heterocycles. The lowest BCUT2D eigenvalue weighted by Gasteiger charge is -2.20. The molecule has 0 aromatic heterocycles. The molecule has 2 aromatic rings. The SMILES string of the molecule is COC(=O)c1ccccc1NC(C)c1cc(C)ccc1C. The van der Waals surface area contributed by atoms with Crippen molar-refractivity contribution in [2.45, 2.75) is 26.8 Å². The van der Waals surface area contributed by atoms with E-state index < -0.39 is 0 Å². The molecule has 110 valence electrons. The quantitative estimate of drug-likeness (QED) is 0.852. The Kier molecular flexibility index (Phi) is 4.63. The smallest absolute Gasteiger partial charge is 0.339 e. The average Bonchev–Trinajstić information content (AvgIpc) is 2.49. The van der Waals surface area contributed by atoms with Gasteiger partial charge in [0.1, 0.15) is 0 Å². The van der Waals surface area contributed by atoms with Crippen LogP contribution in [0.4, 0.5) is 5.69 Å². The largest absolute Gasteiger partial charge is 0.465 e. The minimum absolute atomic E-state index is 0.107. The number of para-hydroxylation sites is 1. The summed E-state index contributed by atoms with van der Waals surface area (Å²) in [6.07, 6.45) is 0. The Balaban J connectivity index is 2.30. The maximum absolute atomic E-state index is 11.8. The minimum Gasteiger partial charge on any atom is -0.465 e. The average molecular weight is 283 g/mol. The maximum Gasteiger partial charge on any atom is 0.339 e. The summed E-state index contributed by atoms with van der Waals surface area (Å²) in [5, 5.41) is 3.41. The highest BCUT2D eigenvalue weighted by atomic mass is 16.5. The van der Waals surface area contributed by atoms with E-state index in [0.717, 1.165) is 5.69 Å². The molecule has 0 fully saturated rings. The number of rotatable bonds is 4. The Morgan fingerprint density at radius 3 is 2.57 bits per heavy atom. The van der Waals surface area contributed by atoms with Gasteiger partial charge in [-0.05, 0) is 44.0 Å². The molecular formula is C18H21NO2. The van der Waals surface area contributed by atoms with E-state index in [1.165, 1.54) is 23.8 Å². The van der Waals surface area contributed by atoms with Crippen molar-refractivity contribution in [1.29, 1.82) is 0 Å². The number of aryl methyl sites for hydroxylation is 2. The van der Waals surface area contributed by atoms with Gasteiger partial charge in [0.2, 0.25) is 0 Å². The Morgan fingerprint density at radius 2 is 1.86 bits per heavy atom. The number of esters is 1. The molecular weight excluding hydrogens is 262 g/mol. The van der Waals surface area contributed by atoms with Crippen molar-refractivity contribution >= 4 is 11.7 Å². The van der Waals surface area contributed by atoms with Crippen molar-refractivity contribution in [2.24, 2.45) is 0 Å². The van der Waals surface area contributed by atoms with Crippen LogP contribution in [0.3, 0.4) is 0 Å². The molecule has 0 bridgehead atoms. The third-order valence-electron chi connectivity index (χ3n) is 3.61. The molecule has 0 saturated heterocycles. The van der Waals surface area contributed by atoms with Gasteiger partial charge in [-0.15, -0.1) is 0 Å². The van der Waals surface area contributed by atoms with E-state index in [9.17, 15) is 4.79 Å². The summed E-state index contributed by atoms with van der Waals surface area (Å²) in [4.78, 5) is 11.8.